The molecular weight excluding hydrogens is 256 g/mol. The largest absolute Gasteiger partial charge is 0.490 e. The lowest BCUT2D eigenvalue weighted by Crippen LogP contribution is -2.43. The molecule has 108 valence electrons. The number of piperidine rings is 1. The van der Waals surface area contributed by atoms with E-state index in [1.54, 1.807) is 0 Å². The first kappa shape index (κ1) is 13.2. The standard InChI is InChI=1S/C15H20N2O3/c18-15(12-4-1-2-7-16-12)17-11-5-6-13-14(10-11)20-9-3-8-19-13/h5-6,10,12,16H,1-4,7-9H2,(H,17,18). The smallest absolute Gasteiger partial charge is 0.241 e. The SMILES string of the molecule is O=C(Nc1ccc2c(c1)OCCCO2)C1CCCCN1. The number of carbonyl (C=O) groups is 1. The van der Waals surface area contributed by atoms with Gasteiger partial charge < -0.3 is 20.1 Å². The molecule has 1 amide bonds. The topological polar surface area (TPSA) is 59.6 Å². The van der Waals surface area contributed by atoms with Crippen LogP contribution < -0.4 is 20.1 Å². The lowest BCUT2D eigenvalue weighted by atomic mass is 10.0. The van der Waals surface area contributed by atoms with Crippen LogP contribution in [0.5, 0.6) is 11.5 Å². The monoisotopic (exact) mass is 276 g/mol. The van der Waals surface area contributed by atoms with Crippen molar-refractivity contribution in [3.8, 4) is 11.5 Å². The van der Waals surface area contributed by atoms with E-state index in [2.05, 4.69) is 10.6 Å². The highest BCUT2D eigenvalue weighted by atomic mass is 16.5. The van der Waals surface area contributed by atoms with Gasteiger partial charge in [-0.05, 0) is 31.5 Å². The minimum Gasteiger partial charge on any atom is -0.490 e. The van der Waals surface area contributed by atoms with Gasteiger partial charge in [0.05, 0.1) is 19.3 Å². The molecule has 1 saturated heterocycles. The third-order valence-electron chi connectivity index (χ3n) is 3.64. The van der Waals surface area contributed by atoms with Crippen molar-refractivity contribution in [3.63, 3.8) is 0 Å². The normalized spacial score (nSPS) is 21.9. The second kappa shape index (κ2) is 6.13. The summed E-state index contributed by atoms with van der Waals surface area (Å²) in [4.78, 5) is 12.2. The van der Waals surface area contributed by atoms with E-state index in [1.807, 2.05) is 18.2 Å². The van der Waals surface area contributed by atoms with Crippen LogP contribution in [0.15, 0.2) is 18.2 Å². The van der Waals surface area contributed by atoms with E-state index in [1.165, 1.54) is 0 Å². The van der Waals surface area contributed by atoms with Gasteiger partial charge in [-0.15, -0.1) is 0 Å². The zero-order valence-electron chi connectivity index (χ0n) is 11.5. The minimum absolute atomic E-state index is 0.0270. The summed E-state index contributed by atoms with van der Waals surface area (Å²) in [5.74, 6) is 1.48. The van der Waals surface area contributed by atoms with Crippen molar-refractivity contribution in [1.29, 1.82) is 0 Å². The molecule has 20 heavy (non-hydrogen) atoms. The fraction of sp³-hybridized carbons (Fsp3) is 0.533. The Hall–Kier alpha value is -1.75. The van der Waals surface area contributed by atoms with Gasteiger partial charge in [0.25, 0.3) is 0 Å². The molecule has 0 aromatic heterocycles. The fourth-order valence-corrected chi connectivity index (χ4v) is 2.55. The highest BCUT2D eigenvalue weighted by Gasteiger charge is 2.21. The van der Waals surface area contributed by atoms with Crippen LogP contribution in [0.4, 0.5) is 5.69 Å². The summed E-state index contributed by atoms with van der Waals surface area (Å²) in [5, 5.41) is 6.19. The molecule has 0 saturated carbocycles. The Labute approximate surface area is 118 Å². The summed E-state index contributed by atoms with van der Waals surface area (Å²) < 4.78 is 11.2. The maximum absolute atomic E-state index is 12.2. The van der Waals surface area contributed by atoms with E-state index in [4.69, 9.17) is 9.47 Å². The van der Waals surface area contributed by atoms with Gasteiger partial charge in [-0.1, -0.05) is 6.42 Å². The van der Waals surface area contributed by atoms with Crippen molar-refractivity contribution in [2.45, 2.75) is 31.7 Å². The Morgan fingerprint density at radius 3 is 2.80 bits per heavy atom. The molecule has 1 aromatic carbocycles. The Kier molecular flexibility index (Phi) is 4.06. The lowest BCUT2D eigenvalue weighted by molar-refractivity contribution is -0.118. The zero-order chi connectivity index (χ0) is 13.8. The Morgan fingerprint density at radius 2 is 2.00 bits per heavy atom. The van der Waals surface area contributed by atoms with Crippen LogP contribution in [-0.2, 0) is 4.79 Å². The maximum Gasteiger partial charge on any atom is 0.241 e. The summed E-state index contributed by atoms with van der Waals surface area (Å²) in [6, 6.07) is 5.46. The van der Waals surface area contributed by atoms with Crippen LogP contribution in [0.25, 0.3) is 0 Å². The number of hydrogen-bond acceptors (Lipinski definition) is 4. The molecule has 1 aromatic rings. The number of hydrogen-bond donors (Lipinski definition) is 2. The van der Waals surface area contributed by atoms with E-state index >= 15 is 0 Å². The number of carbonyl (C=O) groups excluding carboxylic acids is 1. The van der Waals surface area contributed by atoms with Crippen molar-refractivity contribution in [2.75, 3.05) is 25.1 Å². The molecule has 2 N–H and O–H groups in total. The van der Waals surface area contributed by atoms with Gasteiger partial charge in [-0.2, -0.15) is 0 Å². The van der Waals surface area contributed by atoms with Crippen LogP contribution >= 0.6 is 0 Å². The molecule has 5 heteroatoms. The molecule has 2 heterocycles. The van der Waals surface area contributed by atoms with Crippen molar-refractivity contribution in [1.82, 2.24) is 5.32 Å². The summed E-state index contributed by atoms with van der Waals surface area (Å²) in [5.41, 5.74) is 0.756. The van der Waals surface area contributed by atoms with Gasteiger partial charge in [0, 0.05) is 18.2 Å². The van der Waals surface area contributed by atoms with Gasteiger partial charge in [-0.25, -0.2) is 0 Å². The van der Waals surface area contributed by atoms with Gasteiger partial charge >= 0.3 is 0 Å². The van der Waals surface area contributed by atoms with Crippen LogP contribution in [-0.4, -0.2) is 31.7 Å². The third kappa shape index (κ3) is 3.04. The van der Waals surface area contributed by atoms with Crippen LogP contribution in [0.1, 0.15) is 25.7 Å². The minimum atomic E-state index is -0.0836. The maximum atomic E-state index is 12.2. The molecular formula is C15H20N2O3. The number of rotatable bonds is 2. The molecule has 1 fully saturated rings. The summed E-state index contributed by atoms with van der Waals surface area (Å²) in [7, 11) is 0. The molecule has 2 aliphatic rings. The highest BCUT2D eigenvalue weighted by molar-refractivity contribution is 5.95. The Bertz CT molecular complexity index is 484. The Morgan fingerprint density at radius 1 is 1.15 bits per heavy atom. The van der Waals surface area contributed by atoms with Crippen LogP contribution in [0.2, 0.25) is 0 Å². The van der Waals surface area contributed by atoms with Gasteiger partial charge in [-0.3, -0.25) is 4.79 Å². The predicted octanol–water partition coefficient (Wildman–Crippen LogP) is 1.93. The summed E-state index contributed by atoms with van der Waals surface area (Å²) in [6.45, 7) is 2.23. The lowest BCUT2D eigenvalue weighted by Gasteiger charge is -2.22. The molecule has 2 aliphatic heterocycles. The average Bonchev–Trinajstić information content (AvgIpc) is 2.73. The first-order chi connectivity index (χ1) is 9.83. The molecule has 1 atom stereocenters. The van der Waals surface area contributed by atoms with Crippen molar-refractivity contribution >= 4 is 11.6 Å². The zero-order valence-corrected chi connectivity index (χ0v) is 11.5. The van der Waals surface area contributed by atoms with Gasteiger partial charge in [0.15, 0.2) is 11.5 Å². The second-order valence-corrected chi connectivity index (χ2v) is 5.20. The molecule has 0 aliphatic carbocycles. The van der Waals surface area contributed by atoms with Gasteiger partial charge in [0.1, 0.15) is 0 Å². The first-order valence-electron chi connectivity index (χ1n) is 7.27. The summed E-state index contributed by atoms with van der Waals surface area (Å²) >= 11 is 0. The molecule has 0 radical (unpaired) electrons. The first-order valence-corrected chi connectivity index (χ1v) is 7.27. The van der Waals surface area contributed by atoms with Crippen LogP contribution in [0, 0.1) is 0 Å². The van der Waals surface area contributed by atoms with E-state index < -0.39 is 0 Å². The predicted molar refractivity (Wildman–Crippen MR) is 76.3 cm³/mol. The van der Waals surface area contributed by atoms with E-state index in [0.29, 0.717) is 19.0 Å². The number of fused-ring (bicyclic) bond motifs is 1. The second-order valence-electron chi connectivity index (χ2n) is 5.20. The molecule has 0 spiro atoms. The number of benzene rings is 1. The molecule has 5 nitrogen and oxygen atoms in total. The quantitative estimate of drug-likeness (QED) is 0.866. The van der Waals surface area contributed by atoms with E-state index in [0.717, 1.165) is 43.7 Å². The van der Waals surface area contributed by atoms with Crippen molar-refractivity contribution in [2.24, 2.45) is 0 Å². The molecule has 3 rings (SSSR count). The number of ether oxygens (including phenoxy) is 2. The molecule has 0 bridgehead atoms. The number of nitrogens with one attached hydrogen (secondary N) is 2. The van der Waals surface area contributed by atoms with E-state index in [-0.39, 0.29) is 11.9 Å². The number of anilines is 1. The van der Waals surface area contributed by atoms with Gasteiger partial charge in [0.2, 0.25) is 5.91 Å². The Balaban J connectivity index is 1.68. The van der Waals surface area contributed by atoms with Crippen molar-refractivity contribution < 1.29 is 14.3 Å². The highest BCUT2D eigenvalue weighted by Crippen LogP contribution is 2.32. The summed E-state index contributed by atoms with van der Waals surface area (Å²) in [6.07, 6.45) is 4.03. The van der Waals surface area contributed by atoms with Crippen molar-refractivity contribution in [3.05, 3.63) is 18.2 Å². The molecule has 1 unspecified atom stereocenters. The fourth-order valence-electron chi connectivity index (χ4n) is 2.55. The average molecular weight is 276 g/mol. The number of amides is 1. The van der Waals surface area contributed by atoms with E-state index in [9.17, 15) is 4.79 Å². The van der Waals surface area contributed by atoms with Crippen LogP contribution in [0.3, 0.4) is 0 Å². The third-order valence-corrected chi connectivity index (χ3v) is 3.64.